The van der Waals surface area contributed by atoms with Gasteiger partial charge in [-0.25, -0.2) is 10.1 Å². The van der Waals surface area contributed by atoms with E-state index in [4.69, 9.17) is 22.1 Å². The molecule has 196 valence electrons. The van der Waals surface area contributed by atoms with E-state index in [1.807, 2.05) is 48.5 Å². The monoisotopic (exact) mass is 535 g/mol. The summed E-state index contributed by atoms with van der Waals surface area (Å²) in [4.78, 5) is 15.4. The molecule has 1 aliphatic rings. The lowest BCUT2D eigenvalue weighted by molar-refractivity contribution is 0.0944. The van der Waals surface area contributed by atoms with Gasteiger partial charge in [-0.2, -0.15) is 9.78 Å². The highest BCUT2D eigenvalue weighted by Gasteiger charge is 2.26. The Hall–Kier alpha value is -4.29. The van der Waals surface area contributed by atoms with Gasteiger partial charge >= 0.3 is 0 Å². The Labute approximate surface area is 223 Å². The van der Waals surface area contributed by atoms with Crippen LogP contribution in [0.15, 0.2) is 58.3 Å². The third kappa shape index (κ3) is 5.98. The maximum Gasteiger partial charge on any atom is 0.292 e. The van der Waals surface area contributed by atoms with E-state index in [-0.39, 0.29) is 17.3 Å². The van der Waals surface area contributed by atoms with Crippen LogP contribution in [0.25, 0.3) is 5.82 Å². The molecule has 3 heterocycles. The number of anilines is 1. The van der Waals surface area contributed by atoms with Crippen molar-refractivity contribution in [2.45, 2.75) is 32.4 Å². The van der Waals surface area contributed by atoms with Crippen molar-refractivity contribution >= 4 is 29.5 Å². The van der Waals surface area contributed by atoms with Gasteiger partial charge in [0.25, 0.3) is 5.91 Å². The molecule has 1 amide bonds. The van der Waals surface area contributed by atoms with Crippen molar-refractivity contribution in [2.24, 2.45) is 5.10 Å². The number of aromatic nitrogens is 5. The van der Waals surface area contributed by atoms with E-state index in [2.05, 4.69) is 40.7 Å². The zero-order chi connectivity index (χ0) is 26.3. The van der Waals surface area contributed by atoms with E-state index in [0.29, 0.717) is 29.6 Å². The number of carbonyl (C=O) groups excluding carboxylic acids is 1. The molecular formula is C25H26ClN9O3. The average Bonchev–Trinajstić information content (AvgIpc) is 3.55. The van der Waals surface area contributed by atoms with Crippen molar-refractivity contribution in [3.8, 4) is 11.6 Å². The Balaban J connectivity index is 1.26. The summed E-state index contributed by atoms with van der Waals surface area (Å²) in [5.41, 5.74) is 10.7. The van der Waals surface area contributed by atoms with Crippen LogP contribution in [0, 0.1) is 0 Å². The molecule has 0 aliphatic carbocycles. The van der Waals surface area contributed by atoms with Crippen LogP contribution in [-0.4, -0.2) is 55.4 Å². The third-order valence-corrected chi connectivity index (χ3v) is 6.45. The highest BCUT2D eigenvalue weighted by atomic mass is 35.5. The van der Waals surface area contributed by atoms with E-state index in [1.54, 1.807) is 0 Å². The van der Waals surface area contributed by atoms with Crippen LogP contribution in [0.1, 0.15) is 46.6 Å². The Bertz CT molecular complexity index is 1410. The molecule has 2 aromatic heterocycles. The molecule has 3 N–H and O–H groups in total. The number of nitrogens with two attached hydrogens (primary N) is 1. The number of ether oxygens (including phenoxy) is 1. The van der Waals surface area contributed by atoms with Crippen LogP contribution in [-0.2, 0) is 13.2 Å². The Morgan fingerprint density at radius 3 is 2.66 bits per heavy atom. The van der Waals surface area contributed by atoms with Crippen molar-refractivity contribution in [3.05, 3.63) is 76.1 Å². The van der Waals surface area contributed by atoms with Crippen LogP contribution >= 0.6 is 11.6 Å². The van der Waals surface area contributed by atoms with Crippen molar-refractivity contribution in [3.63, 3.8) is 0 Å². The number of carbonyl (C=O) groups is 1. The number of piperidine rings is 1. The maximum absolute atomic E-state index is 13.2. The maximum atomic E-state index is 13.2. The third-order valence-electron chi connectivity index (χ3n) is 6.09. The fourth-order valence-electron chi connectivity index (χ4n) is 4.11. The van der Waals surface area contributed by atoms with Crippen LogP contribution in [0.3, 0.4) is 0 Å². The van der Waals surface area contributed by atoms with Gasteiger partial charge in [0.05, 0.1) is 6.21 Å². The lowest BCUT2D eigenvalue weighted by atomic mass is 10.1. The first-order chi connectivity index (χ1) is 18.6. The van der Waals surface area contributed by atoms with Gasteiger partial charge < -0.3 is 10.5 Å². The first-order valence-electron chi connectivity index (χ1n) is 12.1. The smallest absolute Gasteiger partial charge is 0.292 e. The Morgan fingerprint density at radius 2 is 1.92 bits per heavy atom. The fourth-order valence-corrected chi connectivity index (χ4v) is 4.30. The molecule has 2 aromatic carbocycles. The average molecular weight is 536 g/mol. The molecule has 1 fully saturated rings. The number of hydrazone groups is 1. The molecule has 13 heteroatoms. The van der Waals surface area contributed by atoms with Crippen molar-refractivity contribution in [1.82, 2.24) is 35.6 Å². The second-order valence-corrected chi connectivity index (χ2v) is 9.16. The van der Waals surface area contributed by atoms with Crippen LogP contribution in [0.4, 0.5) is 5.82 Å². The lowest BCUT2D eigenvalue weighted by Gasteiger charge is -2.25. The minimum atomic E-state index is -0.514. The summed E-state index contributed by atoms with van der Waals surface area (Å²) in [7, 11) is 0. The van der Waals surface area contributed by atoms with Crippen LogP contribution < -0.4 is 15.9 Å². The summed E-state index contributed by atoms with van der Waals surface area (Å²) >= 11 is 6.18. The van der Waals surface area contributed by atoms with E-state index in [1.165, 1.54) is 17.3 Å². The SMILES string of the molecule is Nc1nonc1-n1nnc(CN2CCCCC2)c1C(=O)N/N=C\c1ccc(OCc2ccccc2Cl)cc1. The van der Waals surface area contributed by atoms with Gasteiger partial charge in [-0.15, -0.1) is 5.10 Å². The number of hydrogen-bond donors (Lipinski definition) is 2. The number of nitrogens with zero attached hydrogens (tertiary/aromatic N) is 7. The number of hydrogen-bond acceptors (Lipinski definition) is 10. The van der Waals surface area contributed by atoms with Gasteiger partial charge in [-0.3, -0.25) is 9.69 Å². The van der Waals surface area contributed by atoms with Crippen LogP contribution in [0.5, 0.6) is 5.75 Å². The molecule has 0 saturated carbocycles. The van der Waals surface area contributed by atoms with Gasteiger partial charge in [-0.1, -0.05) is 41.4 Å². The molecule has 12 nitrogen and oxygen atoms in total. The molecule has 0 atom stereocenters. The first-order valence-corrected chi connectivity index (χ1v) is 12.5. The Morgan fingerprint density at radius 1 is 1.13 bits per heavy atom. The molecule has 38 heavy (non-hydrogen) atoms. The van der Waals surface area contributed by atoms with Crippen molar-refractivity contribution in [1.29, 1.82) is 0 Å². The summed E-state index contributed by atoms with van der Waals surface area (Å²) in [6.07, 6.45) is 4.93. The molecule has 1 aliphatic heterocycles. The van der Waals surface area contributed by atoms with E-state index in [0.717, 1.165) is 37.1 Å². The molecule has 1 saturated heterocycles. The standard InChI is InChI=1S/C25H26ClN9O3/c26-20-7-3-2-6-18(20)16-37-19-10-8-17(9-11-19)14-28-30-25(36)22-21(15-34-12-4-1-5-13-34)29-33-35(22)24-23(27)31-38-32-24/h2-3,6-11,14H,1,4-5,12-13,15-16H2,(H2,27,31)(H,30,36)/b28-14-. The minimum absolute atomic E-state index is 0.00572. The first kappa shape index (κ1) is 25.4. The van der Waals surface area contributed by atoms with E-state index in [9.17, 15) is 4.79 Å². The number of likely N-dealkylation sites (tertiary alicyclic amines) is 1. The number of benzene rings is 2. The summed E-state index contributed by atoms with van der Waals surface area (Å²) in [6.45, 7) is 2.68. The van der Waals surface area contributed by atoms with Crippen molar-refractivity contribution in [2.75, 3.05) is 18.8 Å². The zero-order valence-electron chi connectivity index (χ0n) is 20.5. The number of halogens is 1. The van der Waals surface area contributed by atoms with E-state index >= 15 is 0 Å². The molecule has 0 unspecified atom stereocenters. The summed E-state index contributed by atoms with van der Waals surface area (Å²) in [6, 6.07) is 14.8. The second kappa shape index (κ2) is 11.8. The fraction of sp³-hybridized carbons (Fsp3) is 0.280. The largest absolute Gasteiger partial charge is 0.489 e. The summed E-state index contributed by atoms with van der Waals surface area (Å²) in [5, 5.41) is 20.4. The van der Waals surface area contributed by atoms with Gasteiger partial charge in [0.2, 0.25) is 11.6 Å². The number of rotatable bonds is 9. The van der Waals surface area contributed by atoms with Gasteiger partial charge in [0.1, 0.15) is 18.1 Å². The minimum Gasteiger partial charge on any atom is -0.489 e. The Kier molecular flexibility index (Phi) is 7.90. The number of nitrogens with one attached hydrogen (secondary N) is 1. The topological polar surface area (TPSA) is 150 Å². The summed E-state index contributed by atoms with van der Waals surface area (Å²) < 4.78 is 11.7. The highest BCUT2D eigenvalue weighted by Crippen LogP contribution is 2.20. The van der Waals surface area contributed by atoms with E-state index < -0.39 is 5.91 Å². The molecule has 4 aromatic rings. The van der Waals surface area contributed by atoms with Gasteiger partial charge in [-0.05, 0) is 72.1 Å². The molecule has 0 spiro atoms. The number of amides is 1. The van der Waals surface area contributed by atoms with Crippen LogP contribution in [0.2, 0.25) is 5.02 Å². The molecule has 5 rings (SSSR count). The second-order valence-electron chi connectivity index (χ2n) is 8.75. The van der Waals surface area contributed by atoms with Gasteiger partial charge in [0.15, 0.2) is 5.69 Å². The lowest BCUT2D eigenvalue weighted by Crippen LogP contribution is -2.31. The predicted molar refractivity (Wildman–Crippen MR) is 140 cm³/mol. The predicted octanol–water partition coefficient (Wildman–Crippen LogP) is 3.21. The molecule has 0 bridgehead atoms. The summed E-state index contributed by atoms with van der Waals surface area (Å²) in [5.74, 6) is 0.250. The van der Waals surface area contributed by atoms with Crippen molar-refractivity contribution < 1.29 is 14.2 Å². The highest BCUT2D eigenvalue weighted by molar-refractivity contribution is 6.31. The zero-order valence-corrected chi connectivity index (χ0v) is 21.2. The molecule has 0 radical (unpaired) electrons. The molecular weight excluding hydrogens is 510 g/mol. The quantitative estimate of drug-likeness (QED) is 0.243. The normalized spacial score (nSPS) is 14.1. The van der Waals surface area contributed by atoms with Gasteiger partial charge in [0, 0.05) is 17.1 Å². The number of nitrogen functional groups attached to an aromatic ring is 1.